The second-order valence-corrected chi connectivity index (χ2v) is 7.22. The Morgan fingerprint density at radius 1 is 0.778 bits per heavy atom. The molecule has 0 heterocycles. The second kappa shape index (κ2) is 25.7. The molecule has 0 aromatic carbocycles. The number of carbonyl (C=O) groups is 1. The van der Waals surface area contributed by atoms with Crippen molar-refractivity contribution in [2.45, 2.75) is 116 Å². The average Bonchev–Trinajstić information content (AvgIpc) is 2.70. The molecule has 0 spiro atoms. The van der Waals surface area contributed by atoms with Crippen molar-refractivity contribution in [3.63, 3.8) is 0 Å². The zero-order valence-corrected chi connectivity index (χ0v) is 18.4. The van der Waals surface area contributed by atoms with Crippen LogP contribution in [0.3, 0.4) is 0 Å². The molecule has 0 aromatic rings. The van der Waals surface area contributed by atoms with E-state index in [2.05, 4.69) is 6.92 Å². The van der Waals surface area contributed by atoms with Gasteiger partial charge in [-0.2, -0.15) is 0 Å². The summed E-state index contributed by atoms with van der Waals surface area (Å²) in [4.78, 5) is 11.4. The van der Waals surface area contributed by atoms with Gasteiger partial charge in [-0.25, -0.2) is 0 Å². The SMILES string of the molecule is CCCCCCCCCCCCCCCCCC(=O)OCC(O)CO.[O]=[Fe]. The zero-order chi connectivity index (χ0) is 20.6. The molecule has 5 nitrogen and oxygen atoms in total. The van der Waals surface area contributed by atoms with Gasteiger partial charge in [-0.05, 0) is 6.42 Å². The number of aliphatic hydroxyl groups is 2. The van der Waals surface area contributed by atoms with Gasteiger partial charge < -0.3 is 14.9 Å². The Bertz CT molecular complexity index is 302. The van der Waals surface area contributed by atoms with Crippen LogP contribution in [-0.4, -0.2) is 35.5 Å². The summed E-state index contributed by atoms with van der Waals surface area (Å²) in [5, 5.41) is 17.7. The predicted octanol–water partition coefficient (Wildman–Crippen LogP) is 5.02. The fourth-order valence-corrected chi connectivity index (χ4v) is 2.95. The molecule has 0 bridgehead atoms. The first kappa shape index (κ1) is 28.9. The summed E-state index contributed by atoms with van der Waals surface area (Å²) in [6.07, 6.45) is 19.0. The van der Waals surface area contributed by atoms with Gasteiger partial charge in [0.2, 0.25) is 0 Å². The Labute approximate surface area is 174 Å². The molecule has 0 rings (SSSR count). The van der Waals surface area contributed by atoms with Crippen LogP contribution in [0.25, 0.3) is 0 Å². The van der Waals surface area contributed by atoms with E-state index in [4.69, 9.17) is 18.8 Å². The van der Waals surface area contributed by atoms with E-state index in [1.807, 2.05) is 15.9 Å². The molecule has 1 atom stereocenters. The van der Waals surface area contributed by atoms with Crippen molar-refractivity contribution in [3.05, 3.63) is 0 Å². The number of hydrogen-bond donors (Lipinski definition) is 2. The molecule has 0 aliphatic carbocycles. The number of esters is 1. The molecule has 0 saturated heterocycles. The molecule has 0 fully saturated rings. The second-order valence-electron chi connectivity index (χ2n) is 7.22. The zero-order valence-electron chi connectivity index (χ0n) is 17.3. The molecule has 0 amide bonds. The van der Waals surface area contributed by atoms with Crippen LogP contribution >= 0.6 is 0 Å². The Hall–Kier alpha value is -0.291. The molecule has 164 valence electrons. The Kier molecular flexibility index (Phi) is 27.5. The number of unbranched alkanes of at least 4 members (excludes halogenated alkanes) is 14. The molecule has 0 aromatic heterocycles. The van der Waals surface area contributed by atoms with E-state index in [1.54, 1.807) is 0 Å². The van der Waals surface area contributed by atoms with Crippen molar-refractivity contribution >= 4 is 5.97 Å². The Morgan fingerprint density at radius 3 is 1.52 bits per heavy atom. The summed E-state index contributed by atoms with van der Waals surface area (Å²) in [7, 11) is 0. The van der Waals surface area contributed by atoms with Crippen LogP contribution in [0.15, 0.2) is 0 Å². The molecule has 0 aliphatic rings. The third-order valence-electron chi connectivity index (χ3n) is 4.63. The first-order chi connectivity index (χ1) is 13.2. The quantitative estimate of drug-likeness (QED) is 0.171. The third-order valence-corrected chi connectivity index (χ3v) is 4.63. The Balaban J connectivity index is 0. The van der Waals surface area contributed by atoms with Crippen LogP contribution < -0.4 is 0 Å². The topological polar surface area (TPSA) is 83.8 Å². The van der Waals surface area contributed by atoms with E-state index in [0.29, 0.717) is 6.42 Å². The first-order valence-corrected chi connectivity index (χ1v) is 11.2. The summed E-state index contributed by atoms with van der Waals surface area (Å²) >= 11 is 2.00. The number of carbonyl (C=O) groups excluding carboxylic acids is 1. The van der Waals surface area contributed by atoms with Gasteiger partial charge >= 0.3 is 25.7 Å². The maximum atomic E-state index is 11.4. The number of aliphatic hydroxyl groups excluding tert-OH is 2. The average molecular weight is 430 g/mol. The molecule has 0 radical (unpaired) electrons. The van der Waals surface area contributed by atoms with Crippen LogP contribution in [0.4, 0.5) is 0 Å². The minimum atomic E-state index is -0.954. The van der Waals surface area contributed by atoms with Gasteiger partial charge in [0.1, 0.15) is 12.7 Å². The third kappa shape index (κ3) is 25.7. The summed E-state index contributed by atoms with van der Waals surface area (Å²) in [5.74, 6) is -0.276. The fourth-order valence-electron chi connectivity index (χ4n) is 2.95. The van der Waals surface area contributed by atoms with Gasteiger partial charge in [-0.1, -0.05) is 96.8 Å². The number of ether oxygens (including phenoxy) is 1. The van der Waals surface area contributed by atoms with Crippen molar-refractivity contribution in [2.24, 2.45) is 0 Å². The van der Waals surface area contributed by atoms with E-state index in [9.17, 15) is 4.79 Å². The van der Waals surface area contributed by atoms with Gasteiger partial charge in [-0.3, -0.25) is 4.79 Å². The van der Waals surface area contributed by atoms with Crippen LogP contribution in [0.1, 0.15) is 110 Å². The molecular weight excluding hydrogens is 388 g/mol. The van der Waals surface area contributed by atoms with Crippen molar-refractivity contribution < 1.29 is 39.5 Å². The van der Waals surface area contributed by atoms with Gasteiger partial charge in [0.15, 0.2) is 0 Å². The summed E-state index contributed by atoms with van der Waals surface area (Å²) in [5.41, 5.74) is 0. The first-order valence-electron chi connectivity index (χ1n) is 10.8. The van der Waals surface area contributed by atoms with Crippen LogP contribution in [0.2, 0.25) is 0 Å². The van der Waals surface area contributed by atoms with Gasteiger partial charge in [0.05, 0.1) is 6.61 Å². The van der Waals surface area contributed by atoms with Gasteiger partial charge in [0, 0.05) is 6.42 Å². The normalized spacial score (nSPS) is 11.6. The van der Waals surface area contributed by atoms with E-state index >= 15 is 0 Å². The van der Waals surface area contributed by atoms with Crippen molar-refractivity contribution in [2.75, 3.05) is 13.2 Å². The fraction of sp³-hybridized carbons (Fsp3) is 0.952. The van der Waals surface area contributed by atoms with Crippen LogP contribution in [0, 0.1) is 0 Å². The molecular formula is C21H42FeO5. The molecule has 0 saturated carbocycles. The monoisotopic (exact) mass is 430 g/mol. The predicted molar refractivity (Wildman–Crippen MR) is 104 cm³/mol. The van der Waals surface area contributed by atoms with Crippen molar-refractivity contribution in [1.29, 1.82) is 0 Å². The summed E-state index contributed by atoms with van der Waals surface area (Å²) in [6, 6.07) is 0. The Morgan fingerprint density at radius 2 is 1.15 bits per heavy atom. The van der Waals surface area contributed by atoms with Crippen LogP contribution in [-0.2, 0) is 29.3 Å². The maximum absolute atomic E-state index is 11.4. The van der Waals surface area contributed by atoms with E-state index < -0.39 is 6.10 Å². The van der Waals surface area contributed by atoms with E-state index in [1.165, 1.54) is 83.5 Å². The molecule has 1 unspecified atom stereocenters. The molecule has 0 aliphatic heterocycles. The summed E-state index contributed by atoms with van der Waals surface area (Å²) in [6.45, 7) is 1.79. The summed E-state index contributed by atoms with van der Waals surface area (Å²) < 4.78 is 12.9. The minimum absolute atomic E-state index is 0.103. The van der Waals surface area contributed by atoms with E-state index in [-0.39, 0.29) is 19.2 Å². The van der Waals surface area contributed by atoms with E-state index in [0.717, 1.165) is 12.8 Å². The number of rotatable bonds is 19. The standard InChI is InChI=1S/C21H42O4.Fe.O/c1-2-3-4-5-6-7-8-9-10-11-12-13-14-15-16-17-21(24)25-19-20(23)18-22;;/h20,22-23H,2-19H2,1H3;;. The van der Waals surface area contributed by atoms with Crippen molar-refractivity contribution in [1.82, 2.24) is 0 Å². The van der Waals surface area contributed by atoms with Crippen LogP contribution in [0.5, 0.6) is 0 Å². The molecule has 6 heteroatoms. The van der Waals surface area contributed by atoms with Gasteiger partial charge in [0.25, 0.3) is 0 Å². The molecule has 2 N–H and O–H groups in total. The van der Waals surface area contributed by atoms with Crippen molar-refractivity contribution in [3.8, 4) is 0 Å². The molecule has 27 heavy (non-hydrogen) atoms. The van der Waals surface area contributed by atoms with Gasteiger partial charge in [-0.15, -0.1) is 0 Å². The number of hydrogen-bond acceptors (Lipinski definition) is 5.